The third kappa shape index (κ3) is 5.34. The molecular weight excluding hydrogens is 276 g/mol. The van der Waals surface area contributed by atoms with E-state index in [9.17, 15) is 4.79 Å². The van der Waals surface area contributed by atoms with Gasteiger partial charge in [-0.2, -0.15) is 0 Å². The Bertz CT molecular complexity index is 482. The van der Waals surface area contributed by atoms with Crippen molar-refractivity contribution in [3.05, 3.63) is 24.3 Å². The lowest BCUT2D eigenvalue weighted by Gasteiger charge is -2.26. The number of carbonyl (C=O) groups is 1. The molecule has 1 atom stereocenters. The molecule has 4 nitrogen and oxygen atoms in total. The van der Waals surface area contributed by atoms with Crippen LogP contribution in [0.2, 0.25) is 0 Å². The SMILES string of the molecule is COc1cccc(NC(=O)C[C@H](C)[NH2+]C2CCC(C)CC2)c1. The van der Waals surface area contributed by atoms with E-state index in [1.54, 1.807) is 7.11 Å². The number of nitrogens with one attached hydrogen (secondary N) is 1. The molecule has 3 N–H and O–H groups in total. The predicted molar refractivity (Wildman–Crippen MR) is 89.0 cm³/mol. The van der Waals surface area contributed by atoms with Gasteiger partial charge in [-0.1, -0.05) is 13.0 Å². The maximum absolute atomic E-state index is 12.1. The fraction of sp³-hybridized carbons (Fsp3) is 0.611. The van der Waals surface area contributed by atoms with Gasteiger partial charge in [0.25, 0.3) is 0 Å². The fourth-order valence-corrected chi connectivity index (χ4v) is 3.22. The lowest BCUT2D eigenvalue weighted by atomic mass is 9.87. The Labute approximate surface area is 133 Å². The molecule has 0 aromatic heterocycles. The number of methoxy groups -OCH3 is 1. The lowest BCUT2D eigenvalue weighted by molar-refractivity contribution is -0.720. The van der Waals surface area contributed by atoms with Crippen molar-refractivity contribution in [2.45, 2.75) is 58.0 Å². The van der Waals surface area contributed by atoms with E-state index >= 15 is 0 Å². The van der Waals surface area contributed by atoms with Gasteiger partial charge in [0.05, 0.1) is 25.6 Å². The number of hydrogen-bond donors (Lipinski definition) is 2. The normalized spacial score (nSPS) is 22.9. The first-order chi connectivity index (χ1) is 10.6. The summed E-state index contributed by atoms with van der Waals surface area (Å²) in [7, 11) is 1.63. The molecule has 1 aromatic rings. The van der Waals surface area contributed by atoms with E-state index in [0.29, 0.717) is 18.5 Å². The highest BCUT2D eigenvalue weighted by Crippen LogP contribution is 2.21. The van der Waals surface area contributed by atoms with Crippen molar-refractivity contribution in [1.29, 1.82) is 0 Å². The Morgan fingerprint density at radius 2 is 2.09 bits per heavy atom. The third-order valence-electron chi connectivity index (χ3n) is 4.52. The molecule has 0 aliphatic heterocycles. The molecule has 0 radical (unpaired) electrons. The minimum Gasteiger partial charge on any atom is -0.497 e. The van der Waals surface area contributed by atoms with Crippen LogP contribution in [0.3, 0.4) is 0 Å². The van der Waals surface area contributed by atoms with Gasteiger partial charge < -0.3 is 15.4 Å². The number of benzene rings is 1. The molecule has 122 valence electrons. The van der Waals surface area contributed by atoms with Crippen molar-refractivity contribution in [2.24, 2.45) is 5.92 Å². The highest BCUT2D eigenvalue weighted by Gasteiger charge is 2.23. The number of quaternary nitrogens is 1. The number of anilines is 1. The van der Waals surface area contributed by atoms with E-state index in [0.717, 1.165) is 17.4 Å². The lowest BCUT2D eigenvalue weighted by Crippen LogP contribution is -2.94. The van der Waals surface area contributed by atoms with Crippen LogP contribution in [0.25, 0.3) is 0 Å². The maximum Gasteiger partial charge on any atom is 0.230 e. The molecule has 0 saturated heterocycles. The van der Waals surface area contributed by atoms with Gasteiger partial charge in [-0.25, -0.2) is 0 Å². The van der Waals surface area contributed by atoms with Crippen LogP contribution in [0.1, 0.15) is 46.0 Å². The van der Waals surface area contributed by atoms with Crippen LogP contribution in [-0.2, 0) is 4.79 Å². The number of amides is 1. The van der Waals surface area contributed by atoms with Crippen LogP contribution in [0, 0.1) is 5.92 Å². The Morgan fingerprint density at radius 3 is 2.77 bits per heavy atom. The van der Waals surface area contributed by atoms with Crippen LogP contribution < -0.4 is 15.4 Å². The van der Waals surface area contributed by atoms with Crippen LogP contribution in [-0.4, -0.2) is 25.1 Å². The zero-order chi connectivity index (χ0) is 15.9. The molecule has 1 saturated carbocycles. The van der Waals surface area contributed by atoms with Gasteiger partial charge in [0.15, 0.2) is 0 Å². The fourth-order valence-electron chi connectivity index (χ4n) is 3.22. The van der Waals surface area contributed by atoms with Crippen LogP contribution in [0.5, 0.6) is 5.75 Å². The molecule has 4 heteroatoms. The van der Waals surface area contributed by atoms with Crippen LogP contribution in [0.4, 0.5) is 5.69 Å². The standard InChI is InChI=1S/C18H28N2O2/c1-13-7-9-15(10-8-13)19-14(2)11-18(21)20-16-5-4-6-17(12-16)22-3/h4-6,12-15,19H,7-11H2,1-3H3,(H,20,21)/p+1/t13?,14-,15?/m0/s1. The molecule has 1 aromatic carbocycles. The molecule has 22 heavy (non-hydrogen) atoms. The zero-order valence-electron chi connectivity index (χ0n) is 14.0. The highest BCUT2D eigenvalue weighted by molar-refractivity contribution is 5.91. The van der Waals surface area contributed by atoms with Gasteiger partial charge in [0, 0.05) is 11.8 Å². The highest BCUT2D eigenvalue weighted by atomic mass is 16.5. The summed E-state index contributed by atoms with van der Waals surface area (Å²) in [6, 6.07) is 8.50. The summed E-state index contributed by atoms with van der Waals surface area (Å²) >= 11 is 0. The molecule has 0 unspecified atom stereocenters. The summed E-state index contributed by atoms with van der Waals surface area (Å²) in [6.07, 6.45) is 5.75. The largest absolute Gasteiger partial charge is 0.497 e. The molecule has 2 rings (SSSR count). The maximum atomic E-state index is 12.1. The summed E-state index contributed by atoms with van der Waals surface area (Å²) in [5.41, 5.74) is 0.794. The smallest absolute Gasteiger partial charge is 0.230 e. The first kappa shape index (κ1) is 16.8. The molecular formula is C18H29N2O2+. The van der Waals surface area contributed by atoms with Crippen LogP contribution in [0.15, 0.2) is 24.3 Å². The summed E-state index contributed by atoms with van der Waals surface area (Å²) < 4.78 is 5.17. The summed E-state index contributed by atoms with van der Waals surface area (Å²) in [5, 5.41) is 5.34. The molecule has 1 fully saturated rings. The molecule has 0 heterocycles. The van der Waals surface area contributed by atoms with Crippen molar-refractivity contribution in [2.75, 3.05) is 12.4 Å². The number of nitrogens with two attached hydrogens (primary N) is 1. The Hall–Kier alpha value is -1.55. The molecule has 0 bridgehead atoms. The average molecular weight is 305 g/mol. The zero-order valence-corrected chi connectivity index (χ0v) is 14.0. The average Bonchev–Trinajstić information content (AvgIpc) is 2.49. The van der Waals surface area contributed by atoms with Crippen molar-refractivity contribution in [1.82, 2.24) is 0 Å². The Morgan fingerprint density at radius 1 is 1.36 bits per heavy atom. The number of hydrogen-bond acceptors (Lipinski definition) is 2. The Kier molecular flexibility index (Phi) is 6.25. The van der Waals surface area contributed by atoms with Gasteiger partial charge >= 0.3 is 0 Å². The van der Waals surface area contributed by atoms with E-state index in [2.05, 4.69) is 24.5 Å². The van der Waals surface area contributed by atoms with E-state index in [-0.39, 0.29) is 5.91 Å². The van der Waals surface area contributed by atoms with Crippen molar-refractivity contribution < 1.29 is 14.8 Å². The van der Waals surface area contributed by atoms with Crippen LogP contribution >= 0.6 is 0 Å². The van der Waals surface area contributed by atoms with Gasteiger partial charge in [0.1, 0.15) is 5.75 Å². The quantitative estimate of drug-likeness (QED) is 0.848. The summed E-state index contributed by atoms with van der Waals surface area (Å²) in [5.74, 6) is 1.70. The van der Waals surface area contributed by atoms with Gasteiger partial charge in [-0.3, -0.25) is 4.79 Å². The molecule has 1 aliphatic rings. The first-order valence-electron chi connectivity index (χ1n) is 8.35. The molecule has 1 aliphatic carbocycles. The van der Waals surface area contributed by atoms with E-state index in [1.165, 1.54) is 25.7 Å². The second-order valence-electron chi connectivity index (χ2n) is 6.67. The summed E-state index contributed by atoms with van der Waals surface area (Å²) in [6.45, 7) is 4.48. The van der Waals surface area contributed by atoms with Gasteiger partial charge in [-0.05, 0) is 50.7 Å². The predicted octanol–water partition coefficient (Wildman–Crippen LogP) is 2.55. The van der Waals surface area contributed by atoms with E-state index in [1.807, 2.05) is 24.3 Å². The second-order valence-corrected chi connectivity index (χ2v) is 6.67. The van der Waals surface area contributed by atoms with E-state index < -0.39 is 0 Å². The van der Waals surface area contributed by atoms with Crippen molar-refractivity contribution in [3.63, 3.8) is 0 Å². The second kappa shape index (κ2) is 8.18. The minimum atomic E-state index is 0.0705. The van der Waals surface area contributed by atoms with Crippen molar-refractivity contribution in [3.8, 4) is 5.75 Å². The van der Waals surface area contributed by atoms with Gasteiger partial charge in [0.2, 0.25) is 5.91 Å². The number of ether oxygens (including phenoxy) is 1. The molecule has 0 spiro atoms. The topological polar surface area (TPSA) is 54.9 Å². The third-order valence-corrected chi connectivity index (χ3v) is 4.52. The minimum absolute atomic E-state index is 0.0705. The number of rotatable bonds is 6. The van der Waals surface area contributed by atoms with E-state index in [4.69, 9.17) is 4.74 Å². The molecule has 1 amide bonds. The Balaban J connectivity index is 1.76. The number of carbonyl (C=O) groups excluding carboxylic acids is 1. The monoisotopic (exact) mass is 305 g/mol. The summed E-state index contributed by atoms with van der Waals surface area (Å²) in [4.78, 5) is 12.1. The first-order valence-corrected chi connectivity index (χ1v) is 8.35. The van der Waals surface area contributed by atoms with Gasteiger partial charge in [-0.15, -0.1) is 0 Å². The van der Waals surface area contributed by atoms with Crippen molar-refractivity contribution >= 4 is 11.6 Å².